The van der Waals surface area contributed by atoms with Crippen LogP contribution in [0.4, 0.5) is 5.69 Å². The molecule has 27 heavy (non-hydrogen) atoms. The molecule has 11 heteroatoms. The Balaban J connectivity index is 1.80. The van der Waals surface area contributed by atoms with Gasteiger partial charge in [0.05, 0.1) is 15.5 Å². The first-order chi connectivity index (χ1) is 12.7. The molecule has 0 spiro atoms. The maximum absolute atomic E-state index is 12.5. The lowest BCUT2D eigenvalue weighted by atomic mass is 10.3. The molecule has 0 fully saturated rings. The molecule has 0 radical (unpaired) electrons. The smallest absolute Gasteiger partial charge is 0.261 e. The second kappa shape index (κ2) is 7.10. The molecule has 0 saturated heterocycles. The molecule has 0 aliphatic heterocycles. The second-order valence-electron chi connectivity index (χ2n) is 5.75. The Bertz CT molecular complexity index is 1120. The van der Waals surface area contributed by atoms with Crippen LogP contribution in [-0.4, -0.2) is 50.0 Å². The minimum atomic E-state index is -3.86. The van der Waals surface area contributed by atoms with E-state index < -0.39 is 20.0 Å². The van der Waals surface area contributed by atoms with E-state index in [1.54, 1.807) is 28.9 Å². The lowest BCUT2D eigenvalue weighted by Gasteiger charge is -2.12. The van der Waals surface area contributed by atoms with Crippen LogP contribution in [0.25, 0.3) is 5.69 Å². The molecule has 3 rings (SSSR count). The van der Waals surface area contributed by atoms with Crippen molar-refractivity contribution in [1.82, 2.24) is 19.1 Å². The maximum Gasteiger partial charge on any atom is 0.261 e. The van der Waals surface area contributed by atoms with Gasteiger partial charge in [0.15, 0.2) is 0 Å². The Kier molecular flexibility index (Phi) is 5.00. The highest BCUT2D eigenvalue weighted by Gasteiger charge is 2.19. The number of hydrogen-bond donors (Lipinski definition) is 1. The van der Waals surface area contributed by atoms with Gasteiger partial charge in [-0.3, -0.25) is 4.72 Å². The first-order valence-corrected chi connectivity index (χ1v) is 10.6. The molecule has 0 aliphatic carbocycles. The van der Waals surface area contributed by atoms with Gasteiger partial charge in [-0.25, -0.2) is 30.8 Å². The van der Waals surface area contributed by atoms with Gasteiger partial charge in [-0.15, -0.1) is 0 Å². The number of benzene rings is 2. The summed E-state index contributed by atoms with van der Waals surface area (Å²) in [6.07, 6.45) is 2.93. The summed E-state index contributed by atoms with van der Waals surface area (Å²) in [5.74, 6) is 0. The Morgan fingerprint density at radius 2 is 1.48 bits per heavy atom. The fraction of sp³-hybridized carbons (Fsp3) is 0.125. The Labute approximate surface area is 157 Å². The Morgan fingerprint density at radius 3 is 2.00 bits per heavy atom. The summed E-state index contributed by atoms with van der Waals surface area (Å²) in [7, 11) is -4.66. The highest BCUT2D eigenvalue weighted by Crippen LogP contribution is 2.20. The van der Waals surface area contributed by atoms with Crippen LogP contribution in [0.3, 0.4) is 0 Å². The molecular weight excluding hydrogens is 390 g/mol. The molecule has 0 saturated carbocycles. The van der Waals surface area contributed by atoms with Gasteiger partial charge in [0.2, 0.25) is 10.0 Å². The van der Waals surface area contributed by atoms with Gasteiger partial charge in [-0.1, -0.05) is 0 Å². The minimum absolute atomic E-state index is 0.0173. The Morgan fingerprint density at radius 1 is 0.889 bits per heavy atom. The summed E-state index contributed by atoms with van der Waals surface area (Å²) < 4.78 is 54.2. The van der Waals surface area contributed by atoms with Crippen LogP contribution in [0.5, 0.6) is 0 Å². The zero-order valence-electron chi connectivity index (χ0n) is 14.5. The number of anilines is 1. The van der Waals surface area contributed by atoms with E-state index in [9.17, 15) is 16.8 Å². The lowest BCUT2D eigenvalue weighted by Crippen LogP contribution is -2.22. The molecule has 1 heterocycles. The van der Waals surface area contributed by atoms with E-state index in [0.29, 0.717) is 5.69 Å². The quantitative estimate of drug-likeness (QED) is 0.659. The number of rotatable bonds is 6. The van der Waals surface area contributed by atoms with Gasteiger partial charge in [0, 0.05) is 19.8 Å². The molecule has 1 N–H and O–H groups in total. The molecule has 0 atom stereocenters. The van der Waals surface area contributed by atoms with Crippen LogP contribution in [0.15, 0.2) is 71.0 Å². The first-order valence-electron chi connectivity index (χ1n) is 7.71. The predicted octanol–water partition coefficient (Wildman–Crippen LogP) is 1.32. The highest BCUT2D eigenvalue weighted by molar-refractivity contribution is 7.92. The van der Waals surface area contributed by atoms with Crippen molar-refractivity contribution < 1.29 is 16.8 Å². The molecule has 9 nitrogen and oxygen atoms in total. The van der Waals surface area contributed by atoms with Gasteiger partial charge < -0.3 is 0 Å². The van der Waals surface area contributed by atoms with Gasteiger partial charge >= 0.3 is 0 Å². The number of sulfonamides is 2. The van der Waals surface area contributed by atoms with E-state index in [-0.39, 0.29) is 9.79 Å². The van der Waals surface area contributed by atoms with Crippen LogP contribution in [0.1, 0.15) is 0 Å². The molecule has 0 unspecified atom stereocenters. The normalized spacial score (nSPS) is 12.3. The van der Waals surface area contributed by atoms with Crippen LogP contribution in [0.2, 0.25) is 0 Å². The topological polar surface area (TPSA) is 114 Å². The van der Waals surface area contributed by atoms with Gasteiger partial charge in [0.25, 0.3) is 10.0 Å². The van der Waals surface area contributed by atoms with Crippen molar-refractivity contribution in [3.63, 3.8) is 0 Å². The lowest BCUT2D eigenvalue weighted by molar-refractivity contribution is 0.520. The average molecular weight is 407 g/mol. The van der Waals surface area contributed by atoms with E-state index in [1.807, 2.05) is 0 Å². The molecule has 2 aromatic carbocycles. The van der Waals surface area contributed by atoms with Gasteiger partial charge in [-0.2, -0.15) is 5.10 Å². The monoisotopic (exact) mass is 407 g/mol. The van der Waals surface area contributed by atoms with Crippen molar-refractivity contribution in [2.24, 2.45) is 0 Å². The van der Waals surface area contributed by atoms with Crippen LogP contribution < -0.4 is 4.72 Å². The van der Waals surface area contributed by atoms with Crippen molar-refractivity contribution >= 4 is 25.7 Å². The van der Waals surface area contributed by atoms with E-state index in [2.05, 4.69) is 14.8 Å². The van der Waals surface area contributed by atoms with Crippen molar-refractivity contribution in [2.45, 2.75) is 9.79 Å². The summed E-state index contributed by atoms with van der Waals surface area (Å²) in [4.78, 5) is 3.83. The fourth-order valence-electron chi connectivity index (χ4n) is 2.24. The second-order valence-corrected chi connectivity index (χ2v) is 9.59. The van der Waals surface area contributed by atoms with E-state index in [1.165, 1.54) is 51.0 Å². The zero-order chi connectivity index (χ0) is 19.7. The molecule has 0 bridgehead atoms. The highest BCUT2D eigenvalue weighted by atomic mass is 32.2. The van der Waals surface area contributed by atoms with Crippen LogP contribution >= 0.6 is 0 Å². The van der Waals surface area contributed by atoms with Crippen molar-refractivity contribution in [3.8, 4) is 5.69 Å². The average Bonchev–Trinajstić information content (AvgIpc) is 3.16. The van der Waals surface area contributed by atoms with E-state index in [4.69, 9.17) is 0 Å². The van der Waals surface area contributed by atoms with Gasteiger partial charge in [0.1, 0.15) is 12.7 Å². The van der Waals surface area contributed by atoms with Crippen molar-refractivity contribution in [3.05, 3.63) is 61.2 Å². The molecular formula is C16H17N5O4S2. The number of nitrogens with zero attached hydrogens (tertiary/aromatic N) is 4. The number of nitrogens with one attached hydrogen (secondary N) is 1. The Hall–Kier alpha value is -2.76. The van der Waals surface area contributed by atoms with Crippen LogP contribution in [-0.2, 0) is 20.0 Å². The predicted molar refractivity (Wildman–Crippen MR) is 99.5 cm³/mol. The maximum atomic E-state index is 12.5. The van der Waals surface area contributed by atoms with Crippen molar-refractivity contribution in [1.29, 1.82) is 0 Å². The summed E-state index contributed by atoms with van der Waals surface area (Å²) in [5, 5.41) is 3.99. The third kappa shape index (κ3) is 3.99. The molecule has 0 amide bonds. The number of aromatic nitrogens is 3. The zero-order valence-corrected chi connectivity index (χ0v) is 16.1. The van der Waals surface area contributed by atoms with Crippen LogP contribution in [0, 0.1) is 0 Å². The SMILES string of the molecule is CN(C)S(=O)(=O)c1ccc(S(=O)(=O)Nc2ccc(-n3cncn3)cc2)cc1. The fourth-order valence-corrected chi connectivity index (χ4v) is 4.20. The van der Waals surface area contributed by atoms with Crippen molar-refractivity contribution in [2.75, 3.05) is 18.8 Å². The summed E-state index contributed by atoms with van der Waals surface area (Å²) in [6.45, 7) is 0. The minimum Gasteiger partial charge on any atom is -0.280 e. The standard InChI is InChI=1S/C16H17N5O4S2/c1-20(2)27(24,25)16-9-7-15(8-10-16)26(22,23)19-13-3-5-14(6-4-13)21-12-17-11-18-21/h3-12,19H,1-2H3. The third-order valence-corrected chi connectivity index (χ3v) is 6.94. The molecule has 1 aromatic heterocycles. The van der Waals surface area contributed by atoms with E-state index in [0.717, 1.165) is 9.99 Å². The van der Waals surface area contributed by atoms with E-state index >= 15 is 0 Å². The first kappa shape index (κ1) is 19.0. The molecule has 3 aromatic rings. The number of hydrogen-bond acceptors (Lipinski definition) is 6. The third-order valence-electron chi connectivity index (χ3n) is 3.72. The largest absolute Gasteiger partial charge is 0.280 e. The summed E-state index contributed by atoms with van der Waals surface area (Å²) >= 11 is 0. The molecule has 0 aliphatic rings. The molecule has 142 valence electrons. The summed E-state index contributed by atoms with van der Waals surface area (Å²) in [5.41, 5.74) is 1.09. The van der Waals surface area contributed by atoms with Gasteiger partial charge in [-0.05, 0) is 48.5 Å². The summed E-state index contributed by atoms with van der Waals surface area (Å²) in [6, 6.07) is 11.6.